The molecule has 0 aliphatic heterocycles. The summed E-state index contributed by atoms with van der Waals surface area (Å²) in [4.78, 5) is 11.5. The quantitative estimate of drug-likeness (QED) is 0.786. The SMILES string of the molecule is CCC(=O)c1cccc(S(=O)(=O)NC)c1. The van der Waals surface area contributed by atoms with Crippen LogP contribution in [0.1, 0.15) is 23.7 Å². The smallest absolute Gasteiger partial charge is 0.240 e. The summed E-state index contributed by atoms with van der Waals surface area (Å²) in [5.41, 5.74) is 0.425. The Morgan fingerprint density at radius 1 is 1.40 bits per heavy atom. The van der Waals surface area contributed by atoms with Crippen molar-refractivity contribution in [2.75, 3.05) is 7.05 Å². The Balaban J connectivity index is 3.20. The van der Waals surface area contributed by atoms with Gasteiger partial charge in [-0.1, -0.05) is 19.1 Å². The van der Waals surface area contributed by atoms with Gasteiger partial charge in [-0.05, 0) is 19.2 Å². The second kappa shape index (κ2) is 4.55. The van der Waals surface area contributed by atoms with E-state index in [1.165, 1.54) is 19.2 Å². The molecule has 0 heterocycles. The number of sulfonamides is 1. The molecule has 4 nitrogen and oxygen atoms in total. The molecule has 0 aliphatic carbocycles. The van der Waals surface area contributed by atoms with Gasteiger partial charge in [0.15, 0.2) is 5.78 Å². The van der Waals surface area contributed by atoms with Crippen molar-refractivity contribution in [1.29, 1.82) is 0 Å². The largest absolute Gasteiger partial charge is 0.294 e. The van der Waals surface area contributed by atoms with Gasteiger partial charge >= 0.3 is 0 Å². The molecule has 1 rings (SSSR count). The summed E-state index contributed by atoms with van der Waals surface area (Å²) in [6.45, 7) is 1.74. The van der Waals surface area contributed by atoms with Crippen molar-refractivity contribution in [2.45, 2.75) is 18.2 Å². The maximum absolute atomic E-state index is 11.4. The molecule has 0 unspecified atom stereocenters. The fourth-order valence-corrected chi connectivity index (χ4v) is 1.93. The number of nitrogens with one attached hydrogen (secondary N) is 1. The molecule has 0 fully saturated rings. The van der Waals surface area contributed by atoms with E-state index in [2.05, 4.69) is 4.72 Å². The van der Waals surface area contributed by atoms with E-state index in [0.29, 0.717) is 12.0 Å². The third kappa shape index (κ3) is 2.64. The lowest BCUT2D eigenvalue weighted by Crippen LogP contribution is -2.18. The summed E-state index contributed by atoms with van der Waals surface area (Å²) in [7, 11) is -2.13. The topological polar surface area (TPSA) is 63.2 Å². The second-order valence-electron chi connectivity index (χ2n) is 3.01. The maximum Gasteiger partial charge on any atom is 0.240 e. The van der Waals surface area contributed by atoms with E-state index in [0.717, 1.165) is 0 Å². The van der Waals surface area contributed by atoms with Crippen LogP contribution in [0, 0.1) is 0 Å². The molecule has 0 saturated heterocycles. The molecular formula is C10H13NO3S. The Bertz CT molecular complexity index is 465. The second-order valence-corrected chi connectivity index (χ2v) is 4.90. The van der Waals surface area contributed by atoms with Gasteiger partial charge in [-0.25, -0.2) is 13.1 Å². The molecule has 0 saturated carbocycles. The average molecular weight is 227 g/mol. The highest BCUT2D eigenvalue weighted by atomic mass is 32.2. The number of benzene rings is 1. The highest BCUT2D eigenvalue weighted by Crippen LogP contribution is 2.12. The Hall–Kier alpha value is -1.20. The molecule has 1 aromatic rings. The number of hydrogen-bond donors (Lipinski definition) is 1. The van der Waals surface area contributed by atoms with Crippen molar-refractivity contribution < 1.29 is 13.2 Å². The summed E-state index contributed by atoms with van der Waals surface area (Å²) in [6.07, 6.45) is 0.364. The van der Waals surface area contributed by atoms with Crippen LogP contribution in [-0.2, 0) is 10.0 Å². The maximum atomic E-state index is 11.4. The van der Waals surface area contributed by atoms with Crippen LogP contribution in [0.4, 0.5) is 0 Å². The Morgan fingerprint density at radius 3 is 2.60 bits per heavy atom. The van der Waals surface area contributed by atoms with Gasteiger partial charge in [0.05, 0.1) is 4.90 Å². The van der Waals surface area contributed by atoms with Crippen LogP contribution in [0.5, 0.6) is 0 Å². The first-order chi connectivity index (χ1) is 7.01. The number of ketones is 1. The van der Waals surface area contributed by atoms with Crippen LogP contribution < -0.4 is 4.72 Å². The van der Waals surface area contributed by atoms with Crippen molar-refractivity contribution in [2.24, 2.45) is 0 Å². The number of Topliss-reactive ketones (excluding diaryl/α,β-unsaturated/α-hetero) is 1. The van der Waals surface area contributed by atoms with Crippen LogP contribution in [0.3, 0.4) is 0 Å². The summed E-state index contributed by atoms with van der Waals surface area (Å²) < 4.78 is 25.1. The molecule has 5 heteroatoms. The first kappa shape index (κ1) is 11.9. The summed E-state index contributed by atoms with van der Waals surface area (Å²) >= 11 is 0. The lowest BCUT2D eigenvalue weighted by Gasteiger charge is -2.04. The molecule has 0 atom stereocenters. The zero-order valence-corrected chi connectivity index (χ0v) is 9.47. The summed E-state index contributed by atoms with van der Waals surface area (Å²) in [5, 5.41) is 0. The van der Waals surface area contributed by atoms with Crippen LogP contribution in [0.25, 0.3) is 0 Å². The van der Waals surface area contributed by atoms with Gasteiger partial charge in [0.2, 0.25) is 10.0 Å². The van der Waals surface area contributed by atoms with E-state index in [-0.39, 0.29) is 10.7 Å². The van der Waals surface area contributed by atoms with E-state index in [9.17, 15) is 13.2 Å². The predicted octanol–water partition coefficient (Wildman–Crippen LogP) is 1.19. The van der Waals surface area contributed by atoms with E-state index in [1.807, 2.05) is 0 Å². The van der Waals surface area contributed by atoms with Crippen LogP contribution >= 0.6 is 0 Å². The van der Waals surface area contributed by atoms with E-state index >= 15 is 0 Å². The van der Waals surface area contributed by atoms with E-state index in [1.54, 1.807) is 19.1 Å². The van der Waals surface area contributed by atoms with Gasteiger partial charge in [0, 0.05) is 12.0 Å². The number of rotatable bonds is 4. The van der Waals surface area contributed by atoms with Gasteiger partial charge in [-0.15, -0.1) is 0 Å². The van der Waals surface area contributed by atoms with Crippen molar-refractivity contribution in [3.05, 3.63) is 29.8 Å². The van der Waals surface area contributed by atoms with E-state index in [4.69, 9.17) is 0 Å². The van der Waals surface area contributed by atoms with Crippen LogP contribution in [0.15, 0.2) is 29.2 Å². The predicted molar refractivity (Wildman–Crippen MR) is 57.3 cm³/mol. The molecule has 0 bridgehead atoms. The van der Waals surface area contributed by atoms with E-state index < -0.39 is 10.0 Å². The minimum absolute atomic E-state index is 0.0665. The van der Waals surface area contributed by atoms with Gasteiger partial charge in [0.25, 0.3) is 0 Å². The number of carbonyl (C=O) groups is 1. The molecule has 82 valence electrons. The average Bonchev–Trinajstić information content (AvgIpc) is 2.28. The minimum atomic E-state index is -3.46. The van der Waals surface area contributed by atoms with Crippen molar-refractivity contribution in [1.82, 2.24) is 4.72 Å². The monoisotopic (exact) mass is 227 g/mol. The molecule has 1 aromatic carbocycles. The fraction of sp³-hybridized carbons (Fsp3) is 0.300. The summed E-state index contributed by atoms with van der Waals surface area (Å²) in [6, 6.07) is 6.02. The zero-order valence-electron chi connectivity index (χ0n) is 8.65. The first-order valence-corrected chi connectivity index (χ1v) is 6.06. The number of hydrogen-bond acceptors (Lipinski definition) is 3. The van der Waals surface area contributed by atoms with Gasteiger partial charge in [0.1, 0.15) is 0 Å². The Morgan fingerprint density at radius 2 is 2.07 bits per heavy atom. The lowest BCUT2D eigenvalue weighted by atomic mass is 10.1. The van der Waals surface area contributed by atoms with Crippen molar-refractivity contribution in [3.8, 4) is 0 Å². The third-order valence-electron chi connectivity index (χ3n) is 2.06. The van der Waals surface area contributed by atoms with Crippen LogP contribution in [-0.4, -0.2) is 21.2 Å². The normalized spacial score (nSPS) is 11.3. The Labute approximate surface area is 89.4 Å². The third-order valence-corrected chi connectivity index (χ3v) is 3.47. The molecular weight excluding hydrogens is 214 g/mol. The molecule has 0 spiro atoms. The highest BCUT2D eigenvalue weighted by Gasteiger charge is 2.13. The fourth-order valence-electron chi connectivity index (χ4n) is 1.16. The van der Waals surface area contributed by atoms with Crippen molar-refractivity contribution in [3.63, 3.8) is 0 Å². The lowest BCUT2D eigenvalue weighted by molar-refractivity contribution is 0.0988. The van der Waals surface area contributed by atoms with Gasteiger partial charge in [-0.2, -0.15) is 0 Å². The van der Waals surface area contributed by atoms with Gasteiger partial charge in [-0.3, -0.25) is 4.79 Å². The molecule has 0 amide bonds. The zero-order chi connectivity index (χ0) is 11.5. The Kier molecular flexibility index (Phi) is 3.60. The summed E-state index contributed by atoms with van der Waals surface area (Å²) in [5.74, 6) is -0.0665. The van der Waals surface area contributed by atoms with Crippen molar-refractivity contribution >= 4 is 15.8 Å². The molecule has 1 N–H and O–H groups in total. The molecule has 0 aromatic heterocycles. The first-order valence-electron chi connectivity index (χ1n) is 4.58. The van der Waals surface area contributed by atoms with Crippen LogP contribution in [0.2, 0.25) is 0 Å². The minimum Gasteiger partial charge on any atom is -0.294 e. The molecule has 15 heavy (non-hydrogen) atoms. The highest BCUT2D eigenvalue weighted by molar-refractivity contribution is 7.89. The number of carbonyl (C=O) groups excluding carboxylic acids is 1. The standard InChI is InChI=1S/C10H13NO3S/c1-3-10(12)8-5-4-6-9(7-8)15(13,14)11-2/h4-7,11H,3H2,1-2H3. The molecule has 0 aliphatic rings. The van der Waals surface area contributed by atoms with Gasteiger partial charge < -0.3 is 0 Å². The molecule has 0 radical (unpaired) electrons.